The predicted molar refractivity (Wildman–Crippen MR) is 82.1 cm³/mol. The molecule has 0 fully saturated rings. The number of carbonyl (C=O) groups excluding carboxylic acids is 2. The van der Waals surface area contributed by atoms with Gasteiger partial charge in [-0.15, -0.1) is 0 Å². The smallest absolute Gasteiger partial charge is 0.258 e. The fourth-order valence-corrected chi connectivity index (χ4v) is 1.85. The molecule has 0 spiro atoms. The molecule has 4 nitrogen and oxygen atoms in total. The molecule has 1 amide bonds. The van der Waals surface area contributed by atoms with Crippen LogP contribution in [0.3, 0.4) is 0 Å². The van der Waals surface area contributed by atoms with E-state index in [0.717, 1.165) is 4.47 Å². The summed E-state index contributed by atoms with van der Waals surface area (Å²) in [5.74, 6) is 0.487. The summed E-state index contributed by atoms with van der Waals surface area (Å²) in [4.78, 5) is 23.3. The van der Waals surface area contributed by atoms with Gasteiger partial charge in [-0.3, -0.25) is 9.59 Å². The zero-order valence-corrected chi connectivity index (χ0v) is 13.8. The monoisotopic (exact) mass is 341 g/mol. The van der Waals surface area contributed by atoms with Crippen molar-refractivity contribution in [3.63, 3.8) is 0 Å². The van der Waals surface area contributed by atoms with Gasteiger partial charge in [-0.1, -0.05) is 29.8 Å². The Morgan fingerprint density at radius 3 is 2.50 bits per heavy atom. The van der Waals surface area contributed by atoms with Crippen molar-refractivity contribution in [2.24, 2.45) is 5.92 Å². The van der Waals surface area contributed by atoms with Crippen molar-refractivity contribution in [3.8, 4) is 5.75 Å². The first-order valence-electron chi connectivity index (χ1n) is 6.54. The van der Waals surface area contributed by atoms with Gasteiger partial charge in [0.25, 0.3) is 5.91 Å². The molecule has 0 heterocycles. The van der Waals surface area contributed by atoms with Gasteiger partial charge in [0.1, 0.15) is 5.75 Å². The van der Waals surface area contributed by atoms with E-state index < -0.39 is 0 Å². The van der Waals surface area contributed by atoms with Gasteiger partial charge in [-0.2, -0.15) is 0 Å². The molecule has 0 radical (unpaired) electrons. The molecule has 0 saturated carbocycles. The molecule has 0 aromatic heterocycles. The molecular formula is C15H20BrNO3. The maximum Gasteiger partial charge on any atom is 0.258 e. The van der Waals surface area contributed by atoms with Crippen LogP contribution in [0.5, 0.6) is 5.75 Å². The van der Waals surface area contributed by atoms with Crippen LogP contribution in [0.2, 0.25) is 0 Å². The summed E-state index contributed by atoms with van der Waals surface area (Å²) in [5.41, 5.74) is 0.470. The molecule has 1 rings (SSSR count). The van der Waals surface area contributed by atoms with Crippen LogP contribution in [0.25, 0.3) is 0 Å². The second-order valence-electron chi connectivity index (χ2n) is 5.09. The maximum atomic E-state index is 11.8. The minimum Gasteiger partial charge on any atom is -0.483 e. The fourth-order valence-electron chi connectivity index (χ4n) is 1.51. The van der Waals surface area contributed by atoms with Crippen LogP contribution in [0.15, 0.2) is 22.7 Å². The zero-order valence-electron chi connectivity index (χ0n) is 12.2. The Hall–Kier alpha value is -1.36. The first kappa shape index (κ1) is 16.7. The third kappa shape index (κ3) is 4.96. The van der Waals surface area contributed by atoms with E-state index in [-0.39, 0.29) is 24.3 Å². The first-order valence-corrected chi connectivity index (χ1v) is 7.33. The van der Waals surface area contributed by atoms with Crippen LogP contribution < -0.4 is 10.1 Å². The lowest BCUT2D eigenvalue weighted by Gasteiger charge is -2.18. The van der Waals surface area contributed by atoms with E-state index >= 15 is 0 Å². The Bertz CT molecular complexity index is 500. The number of rotatable bonds is 6. The van der Waals surface area contributed by atoms with E-state index in [1.54, 1.807) is 18.2 Å². The Morgan fingerprint density at radius 2 is 1.95 bits per heavy atom. The molecule has 1 unspecified atom stereocenters. The van der Waals surface area contributed by atoms with Crippen molar-refractivity contribution < 1.29 is 14.3 Å². The number of benzene rings is 1. The standard InChI is InChI=1S/C15H20BrNO3/c1-9(2)10(3)17-15(19)8-20-14-7-12(16)5-6-13(14)11(4)18/h5-7,9-10H,8H2,1-4H3,(H,17,19). The highest BCUT2D eigenvalue weighted by atomic mass is 79.9. The Balaban J connectivity index is 2.68. The molecule has 1 aromatic carbocycles. The fraction of sp³-hybridized carbons (Fsp3) is 0.467. The van der Waals surface area contributed by atoms with Crippen molar-refractivity contribution in [2.75, 3.05) is 6.61 Å². The summed E-state index contributed by atoms with van der Waals surface area (Å²) >= 11 is 3.32. The van der Waals surface area contributed by atoms with Crippen molar-refractivity contribution in [1.82, 2.24) is 5.32 Å². The summed E-state index contributed by atoms with van der Waals surface area (Å²) in [6, 6.07) is 5.22. The first-order chi connectivity index (χ1) is 9.31. The Labute approximate surface area is 128 Å². The summed E-state index contributed by atoms with van der Waals surface area (Å²) in [5, 5.41) is 2.85. The number of nitrogens with one attached hydrogen (secondary N) is 1. The normalized spacial score (nSPS) is 12.1. The quantitative estimate of drug-likeness (QED) is 0.808. The highest BCUT2D eigenvalue weighted by Crippen LogP contribution is 2.24. The predicted octanol–water partition coefficient (Wildman–Crippen LogP) is 3.19. The maximum absolute atomic E-state index is 11.8. The molecular weight excluding hydrogens is 322 g/mol. The topological polar surface area (TPSA) is 55.4 Å². The number of ether oxygens (including phenoxy) is 1. The molecule has 1 aromatic rings. The highest BCUT2D eigenvalue weighted by Gasteiger charge is 2.13. The van der Waals surface area contributed by atoms with Crippen LogP contribution in [0.4, 0.5) is 0 Å². The van der Waals surface area contributed by atoms with E-state index in [4.69, 9.17) is 4.74 Å². The van der Waals surface area contributed by atoms with Crippen LogP contribution in [-0.4, -0.2) is 24.3 Å². The molecule has 1 atom stereocenters. The van der Waals surface area contributed by atoms with Crippen LogP contribution in [-0.2, 0) is 4.79 Å². The molecule has 20 heavy (non-hydrogen) atoms. The van der Waals surface area contributed by atoms with Gasteiger partial charge >= 0.3 is 0 Å². The van der Waals surface area contributed by atoms with Gasteiger partial charge < -0.3 is 10.1 Å². The molecule has 110 valence electrons. The summed E-state index contributed by atoms with van der Waals surface area (Å²) in [6.07, 6.45) is 0. The second kappa shape index (κ2) is 7.43. The van der Waals surface area contributed by atoms with Crippen molar-refractivity contribution in [3.05, 3.63) is 28.2 Å². The average Bonchev–Trinajstić information content (AvgIpc) is 2.35. The average molecular weight is 342 g/mol. The van der Waals surface area contributed by atoms with Crippen molar-refractivity contribution >= 4 is 27.6 Å². The van der Waals surface area contributed by atoms with E-state index in [1.807, 2.05) is 20.8 Å². The minimum absolute atomic E-state index is 0.0842. The van der Waals surface area contributed by atoms with Crippen molar-refractivity contribution in [1.29, 1.82) is 0 Å². The summed E-state index contributed by atoms with van der Waals surface area (Å²) < 4.78 is 6.26. The number of amides is 1. The third-order valence-corrected chi connectivity index (χ3v) is 3.56. The lowest BCUT2D eigenvalue weighted by molar-refractivity contribution is -0.124. The van der Waals surface area contributed by atoms with Gasteiger partial charge in [-0.05, 0) is 38.0 Å². The van der Waals surface area contributed by atoms with Gasteiger partial charge in [0, 0.05) is 10.5 Å². The van der Waals surface area contributed by atoms with Gasteiger partial charge in [-0.25, -0.2) is 0 Å². The lowest BCUT2D eigenvalue weighted by Crippen LogP contribution is -2.39. The zero-order chi connectivity index (χ0) is 15.3. The van der Waals surface area contributed by atoms with Crippen LogP contribution in [0.1, 0.15) is 38.1 Å². The molecule has 0 bridgehead atoms. The second-order valence-corrected chi connectivity index (χ2v) is 6.00. The summed E-state index contributed by atoms with van der Waals surface area (Å²) in [7, 11) is 0. The molecule has 0 aliphatic rings. The van der Waals surface area contributed by atoms with E-state index in [9.17, 15) is 9.59 Å². The Kier molecular flexibility index (Phi) is 6.20. The molecule has 5 heteroatoms. The molecule has 0 aliphatic carbocycles. The largest absolute Gasteiger partial charge is 0.483 e. The summed E-state index contributed by atoms with van der Waals surface area (Å²) in [6.45, 7) is 7.38. The molecule has 1 N–H and O–H groups in total. The van der Waals surface area contributed by atoms with Crippen LogP contribution in [0, 0.1) is 5.92 Å². The third-order valence-electron chi connectivity index (χ3n) is 3.07. The number of halogens is 1. The number of hydrogen-bond acceptors (Lipinski definition) is 3. The number of Topliss-reactive ketones (excluding diaryl/α,β-unsaturated/α-hetero) is 1. The molecule has 0 saturated heterocycles. The van der Waals surface area contributed by atoms with E-state index in [0.29, 0.717) is 17.2 Å². The van der Waals surface area contributed by atoms with Gasteiger partial charge in [0.2, 0.25) is 0 Å². The lowest BCUT2D eigenvalue weighted by atomic mass is 10.1. The Morgan fingerprint density at radius 1 is 1.30 bits per heavy atom. The van der Waals surface area contributed by atoms with Gasteiger partial charge in [0.05, 0.1) is 5.56 Å². The van der Waals surface area contributed by atoms with E-state index in [1.165, 1.54) is 6.92 Å². The van der Waals surface area contributed by atoms with Crippen molar-refractivity contribution in [2.45, 2.75) is 33.7 Å². The SMILES string of the molecule is CC(=O)c1ccc(Br)cc1OCC(=O)NC(C)C(C)C. The minimum atomic E-state index is -0.194. The van der Waals surface area contributed by atoms with E-state index in [2.05, 4.69) is 21.2 Å². The highest BCUT2D eigenvalue weighted by molar-refractivity contribution is 9.10. The number of hydrogen-bond donors (Lipinski definition) is 1. The van der Waals surface area contributed by atoms with Gasteiger partial charge in [0.15, 0.2) is 12.4 Å². The number of carbonyl (C=O) groups is 2. The molecule has 0 aliphatic heterocycles. The number of ketones is 1. The van der Waals surface area contributed by atoms with Crippen LogP contribution >= 0.6 is 15.9 Å².